The highest BCUT2D eigenvalue weighted by Gasteiger charge is 2.31. The highest BCUT2D eigenvalue weighted by atomic mass is 32.2. The zero-order chi connectivity index (χ0) is 23.4. The molecule has 3 aromatic rings. The fraction of sp³-hybridized carbons (Fsp3) is 0.269. The third-order valence-electron chi connectivity index (χ3n) is 5.33. The Morgan fingerprint density at radius 1 is 1.12 bits per heavy atom. The fourth-order valence-corrected chi connectivity index (χ4v) is 4.84. The van der Waals surface area contributed by atoms with Gasteiger partial charge in [-0.25, -0.2) is 4.68 Å². The quantitative estimate of drug-likeness (QED) is 0.286. The van der Waals surface area contributed by atoms with Gasteiger partial charge in [0.2, 0.25) is 0 Å². The molecular weight excluding hydrogens is 450 g/mol. The number of para-hydroxylation sites is 1. The molecule has 4 rings (SSSR count). The first kappa shape index (κ1) is 23.3. The van der Waals surface area contributed by atoms with Crippen LogP contribution in [0.5, 0.6) is 5.75 Å². The van der Waals surface area contributed by atoms with Gasteiger partial charge < -0.3 is 4.74 Å². The van der Waals surface area contributed by atoms with Crippen LogP contribution < -0.4 is 4.74 Å². The number of amides is 1. The van der Waals surface area contributed by atoms with E-state index in [4.69, 9.17) is 22.1 Å². The van der Waals surface area contributed by atoms with Crippen molar-refractivity contribution >= 4 is 40.3 Å². The van der Waals surface area contributed by atoms with Crippen molar-refractivity contribution < 1.29 is 9.53 Å². The zero-order valence-corrected chi connectivity index (χ0v) is 20.7. The molecule has 0 N–H and O–H groups in total. The van der Waals surface area contributed by atoms with Crippen molar-refractivity contribution in [3.8, 4) is 22.7 Å². The Balaban J connectivity index is 1.68. The predicted molar refractivity (Wildman–Crippen MR) is 140 cm³/mol. The molecule has 0 saturated carbocycles. The number of rotatable bonds is 8. The molecule has 1 saturated heterocycles. The molecule has 0 atom stereocenters. The van der Waals surface area contributed by atoms with Gasteiger partial charge in [-0.2, -0.15) is 5.10 Å². The highest BCUT2D eigenvalue weighted by Crippen LogP contribution is 2.35. The number of hydrogen-bond acceptors (Lipinski definition) is 5. The van der Waals surface area contributed by atoms with Gasteiger partial charge >= 0.3 is 0 Å². The van der Waals surface area contributed by atoms with Crippen molar-refractivity contribution in [2.75, 3.05) is 13.2 Å². The Kier molecular flexibility index (Phi) is 7.30. The minimum absolute atomic E-state index is 0.0557. The predicted octanol–water partition coefficient (Wildman–Crippen LogP) is 6.19. The third-order valence-corrected chi connectivity index (χ3v) is 6.71. The molecule has 2 aromatic carbocycles. The summed E-state index contributed by atoms with van der Waals surface area (Å²) >= 11 is 6.71. The van der Waals surface area contributed by atoms with Crippen molar-refractivity contribution in [1.29, 1.82) is 0 Å². The Bertz CT molecular complexity index is 1170. The van der Waals surface area contributed by atoms with Gasteiger partial charge in [-0.1, -0.05) is 56.0 Å². The number of likely N-dealkylation sites (N-methyl/N-ethyl adjacent to an activating group) is 1. The summed E-state index contributed by atoms with van der Waals surface area (Å²) < 4.78 is 8.30. The maximum Gasteiger partial charge on any atom is 0.266 e. The second-order valence-electron chi connectivity index (χ2n) is 8.19. The van der Waals surface area contributed by atoms with E-state index in [1.165, 1.54) is 11.8 Å². The molecule has 2 heterocycles. The Morgan fingerprint density at radius 2 is 1.85 bits per heavy atom. The van der Waals surface area contributed by atoms with Crippen molar-refractivity contribution in [2.45, 2.75) is 27.2 Å². The minimum Gasteiger partial charge on any atom is -0.494 e. The lowest BCUT2D eigenvalue weighted by Gasteiger charge is -2.09. The first-order valence-corrected chi connectivity index (χ1v) is 12.3. The summed E-state index contributed by atoms with van der Waals surface area (Å²) in [7, 11) is 0. The van der Waals surface area contributed by atoms with Gasteiger partial charge in [0.1, 0.15) is 10.1 Å². The van der Waals surface area contributed by atoms with E-state index < -0.39 is 0 Å². The number of carbonyl (C=O) groups is 1. The molecule has 1 aliphatic heterocycles. The van der Waals surface area contributed by atoms with Gasteiger partial charge in [0, 0.05) is 23.9 Å². The summed E-state index contributed by atoms with van der Waals surface area (Å²) in [6, 6.07) is 17.9. The fourth-order valence-electron chi connectivity index (χ4n) is 3.47. The summed E-state index contributed by atoms with van der Waals surface area (Å²) in [5, 5.41) is 4.86. The van der Waals surface area contributed by atoms with E-state index in [0.29, 0.717) is 28.3 Å². The molecule has 0 radical (unpaired) electrons. The molecular formula is C26H27N3O2S2. The van der Waals surface area contributed by atoms with Gasteiger partial charge in [0.15, 0.2) is 0 Å². The average molecular weight is 478 g/mol. The topological polar surface area (TPSA) is 47.4 Å². The Labute approximate surface area is 204 Å². The lowest BCUT2D eigenvalue weighted by atomic mass is 10.1. The first-order valence-electron chi connectivity index (χ1n) is 11.1. The molecule has 1 amide bonds. The monoisotopic (exact) mass is 477 g/mol. The van der Waals surface area contributed by atoms with Crippen molar-refractivity contribution in [3.05, 3.63) is 71.3 Å². The number of ether oxygens (including phenoxy) is 1. The molecule has 5 nitrogen and oxygen atoms in total. The Morgan fingerprint density at radius 3 is 2.48 bits per heavy atom. The SMILES string of the molecule is CCN1C(=O)C(=Cc2cn(-c3ccccc3)nc2-c2ccc(OCCC(C)C)cc2)SC1=S. The van der Waals surface area contributed by atoms with Crippen molar-refractivity contribution in [1.82, 2.24) is 14.7 Å². The van der Waals surface area contributed by atoms with Gasteiger partial charge in [-0.05, 0) is 61.7 Å². The summed E-state index contributed by atoms with van der Waals surface area (Å²) in [5.74, 6) is 1.39. The Hall–Kier alpha value is -2.90. The molecule has 7 heteroatoms. The van der Waals surface area contributed by atoms with Crippen LogP contribution in [0.4, 0.5) is 0 Å². The van der Waals surface area contributed by atoms with Gasteiger partial charge in [0.25, 0.3) is 5.91 Å². The van der Waals surface area contributed by atoms with Gasteiger partial charge in [0.05, 0.1) is 22.9 Å². The van der Waals surface area contributed by atoms with E-state index >= 15 is 0 Å². The smallest absolute Gasteiger partial charge is 0.266 e. The summed E-state index contributed by atoms with van der Waals surface area (Å²) in [5.41, 5.74) is 3.57. The van der Waals surface area contributed by atoms with Crippen molar-refractivity contribution in [2.24, 2.45) is 5.92 Å². The van der Waals surface area contributed by atoms with Crippen LogP contribution in [0.2, 0.25) is 0 Å². The van der Waals surface area contributed by atoms with E-state index in [1.54, 1.807) is 4.90 Å². The zero-order valence-electron chi connectivity index (χ0n) is 19.0. The van der Waals surface area contributed by atoms with E-state index in [0.717, 1.165) is 34.7 Å². The lowest BCUT2D eigenvalue weighted by Crippen LogP contribution is -2.27. The van der Waals surface area contributed by atoms with Crippen LogP contribution in [0.1, 0.15) is 32.8 Å². The van der Waals surface area contributed by atoms with E-state index in [9.17, 15) is 4.79 Å². The first-order chi connectivity index (χ1) is 16.0. The van der Waals surface area contributed by atoms with Crippen LogP contribution in [0.25, 0.3) is 23.0 Å². The van der Waals surface area contributed by atoms with Crippen molar-refractivity contribution in [3.63, 3.8) is 0 Å². The second kappa shape index (κ2) is 10.4. The molecule has 1 aromatic heterocycles. The summed E-state index contributed by atoms with van der Waals surface area (Å²) in [6.45, 7) is 7.56. The number of benzene rings is 2. The molecule has 33 heavy (non-hydrogen) atoms. The van der Waals surface area contributed by atoms with Crippen LogP contribution in [-0.4, -0.2) is 38.1 Å². The number of nitrogens with zero attached hydrogens (tertiary/aromatic N) is 3. The number of hydrogen-bond donors (Lipinski definition) is 0. The summed E-state index contributed by atoms with van der Waals surface area (Å²) in [6.07, 6.45) is 4.86. The van der Waals surface area contributed by atoms with Crippen LogP contribution in [0.15, 0.2) is 65.7 Å². The van der Waals surface area contributed by atoms with Crippen LogP contribution >= 0.6 is 24.0 Å². The highest BCUT2D eigenvalue weighted by molar-refractivity contribution is 8.26. The molecule has 0 unspecified atom stereocenters. The van der Waals surface area contributed by atoms with E-state index in [-0.39, 0.29) is 5.91 Å². The van der Waals surface area contributed by atoms with Crippen LogP contribution in [-0.2, 0) is 4.79 Å². The standard InChI is InChI=1S/C26H27N3O2S2/c1-4-28-25(30)23(33-26(28)32)16-20-17-29(21-8-6-5-7-9-21)27-24(20)19-10-12-22(13-11-19)31-15-14-18(2)3/h5-13,16-18H,4,14-15H2,1-3H3. The maximum absolute atomic E-state index is 12.8. The second-order valence-corrected chi connectivity index (χ2v) is 9.87. The maximum atomic E-state index is 12.8. The third kappa shape index (κ3) is 5.37. The molecule has 1 fully saturated rings. The van der Waals surface area contributed by atoms with Crippen LogP contribution in [0, 0.1) is 5.92 Å². The minimum atomic E-state index is -0.0557. The molecule has 0 spiro atoms. The number of thiocarbonyl (C=S) groups is 1. The van der Waals surface area contributed by atoms with Gasteiger partial charge in [-0.15, -0.1) is 0 Å². The number of carbonyl (C=O) groups excluding carboxylic acids is 1. The van der Waals surface area contributed by atoms with Crippen LogP contribution in [0.3, 0.4) is 0 Å². The average Bonchev–Trinajstić information content (AvgIpc) is 3.35. The number of thioether (sulfide) groups is 1. The normalized spacial score (nSPS) is 15.2. The lowest BCUT2D eigenvalue weighted by molar-refractivity contribution is -0.121. The molecule has 0 aliphatic carbocycles. The van der Waals surface area contributed by atoms with Gasteiger partial charge in [-0.3, -0.25) is 9.69 Å². The molecule has 1 aliphatic rings. The molecule has 0 bridgehead atoms. The van der Waals surface area contributed by atoms with E-state index in [2.05, 4.69) is 13.8 Å². The largest absolute Gasteiger partial charge is 0.494 e. The number of aromatic nitrogens is 2. The molecule has 170 valence electrons. The summed E-state index contributed by atoms with van der Waals surface area (Å²) in [4.78, 5) is 15.0. The van der Waals surface area contributed by atoms with E-state index in [1.807, 2.05) is 78.5 Å².